The van der Waals surface area contributed by atoms with Crippen molar-refractivity contribution in [1.82, 2.24) is 4.57 Å². The molecule has 0 saturated heterocycles. The first-order valence-corrected chi connectivity index (χ1v) is 12.2. The fraction of sp³-hybridized carbons (Fsp3) is 0.192. The molecule has 0 fully saturated rings. The minimum atomic E-state index is -4.97. The van der Waals surface area contributed by atoms with Gasteiger partial charge in [-0.05, 0) is 48.4 Å². The number of halogens is 4. The van der Waals surface area contributed by atoms with Gasteiger partial charge in [-0.1, -0.05) is 59.9 Å². The number of esters is 1. The van der Waals surface area contributed by atoms with E-state index in [1.807, 2.05) is 0 Å². The van der Waals surface area contributed by atoms with E-state index in [0.717, 1.165) is 15.9 Å². The van der Waals surface area contributed by atoms with Gasteiger partial charge in [0.05, 0.1) is 22.8 Å². The van der Waals surface area contributed by atoms with Crippen molar-refractivity contribution in [2.24, 2.45) is 4.99 Å². The lowest BCUT2D eigenvalue weighted by molar-refractivity contribution is -0.140. The molecular formula is C26H20ClF3N2O4S. The Labute approximate surface area is 218 Å². The van der Waals surface area contributed by atoms with E-state index in [9.17, 15) is 22.8 Å². The van der Waals surface area contributed by atoms with E-state index in [4.69, 9.17) is 21.1 Å². The zero-order valence-electron chi connectivity index (χ0n) is 19.4. The van der Waals surface area contributed by atoms with Gasteiger partial charge in [-0.3, -0.25) is 9.36 Å². The number of allylic oxidation sites excluding steroid dienone is 1. The van der Waals surface area contributed by atoms with Gasteiger partial charge in [-0.25, -0.2) is 9.79 Å². The molecule has 0 saturated carbocycles. The topological polar surface area (TPSA) is 69.9 Å². The van der Waals surface area contributed by atoms with E-state index in [2.05, 4.69) is 11.6 Å². The quantitative estimate of drug-likeness (QED) is 0.321. The third-order valence-electron chi connectivity index (χ3n) is 5.33. The molecule has 1 aliphatic heterocycles. The van der Waals surface area contributed by atoms with Gasteiger partial charge in [0.25, 0.3) is 5.56 Å². The maximum absolute atomic E-state index is 14.1. The standard InChI is InChI=1S/C26H20ClF3N2O4S/c1-3-13-36-18-11-5-15(6-12-18)14-19-23(33)32-21(16-7-9-17(27)10-8-16)20(24(34)35-4-2)22(26(28,29)30)31-25(32)37-19/h3,5-12,14,21H,1,4,13H2,2H3/b19-14-/t21-/m1/s1. The summed E-state index contributed by atoms with van der Waals surface area (Å²) >= 11 is 6.77. The van der Waals surface area contributed by atoms with Crippen molar-refractivity contribution in [3.05, 3.63) is 108 Å². The summed E-state index contributed by atoms with van der Waals surface area (Å²) < 4.78 is 54.0. The summed E-state index contributed by atoms with van der Waals surface area (Å²) in [5.41, 5.74) is -1.89. The highest BCUT2D eigenvalue weighted by Crippen LogP contribution is 2.38. The monoisotopic (exact) mass is 548 g/mol. The van der Waals surface area contributed by atoms with Gasteiger partial charge in [0.1, 0.15) is 12.4 Å². The predicted octanol–water partition coefficient (Wildman–Crippen LogP) is 4.56. The van der Waals surface area contributed by atoms with Crippen molar-refractivity contribution in [3.8, 4) is 5.75 Å². The van der Waals surface area contributed by atoms with E-state index in [0.29, 0.717) is 22.9 Å². The van der Waals surface area contributed by atoms with Crippen LogP contribution in [0, 0.1) is 0 Å². The van der Waals surface area contributed by atoms with Crippen molar-refractivity contribution >= 4 is 35.0 Å². The van der Waals surface area contributed by atoms with Gasteiger partial charge < -0.3 is 9.47 Å². The number of hydrogen-bond acceptors (Lipinski definition) is 6. The van der Waals surface area contributed by atoms with E-state index < -0.39 is 35.0 Å². The molecule has 0 amide bonds. The van der Waals surface area contributed by atoms with Crippen LogP contribution in [0.25, 0.3) is 6.08 Å². The number of ether oxygens (including phenoxy) is 2. The molecule has 3 aromatic rings. The Kier molecular flexibility index (Phi) is 7.70. The van der Waals surface area contributed by atoms with Crippen LogP contribution < -0.4 is 19.6 Å². The number of rotatable bonds is 7. The number of fused-ring (bicyclic) bond motifs is 1. The first-order valence-electron chi connectivity index (χ1n) is 11.0. The van der Waals surface area contributed by atoms with Gasteiger partial charge in [0.15, 0.2) is 10.5 Å². The van der Waals surface area contributed by atoms with Gasteiger partial charge in [0.2, 0.25) is 0 Å². The fourth-order valence-corrected chi connectivity index (χ4v) is 4.89. The summed E-state index contributed by atoms with van der Waals surface area (Å²) in [6.07, 6.45) is -1.82. The molecule has 1 atom stereocenters. The highest BCUT2D eigenvalue weighted by molar-refractivity contribution is 7.07. The second kappa shape index (κ2) is 10.8. The molecule has 0 N–H and O–H groups in total. The third kappa shape index (κ3) is 5.55. The number of nitrogens with zero attached hydrogens (tertiary/aromatic N) is 2. The number of carbonyl (C=O) groups excluding carboxylic acids is 1. The zero-order chi connectivity index (χ0) is 26.7. The van der Waals surface area contributed by atoms with Gasteiger partial charge >= 0.3 is 12.1 Å². The largest absolute Gasteiger partial charge is 0.490 e. The maximum atomic E-state index is 14.1. The number of carbonyl (C=O) groups is 1. The number of alkyl halides is 3. The van der Waals surface area contributed by atoms with Crippen LogP contribution in [0.5, 0.6) is 5.75 Å². The molecule has 192 valence electrons. The van der Waals surface area contributed by atoms with E-state index in [-0.39, 0.29) is 21.5 Å². The lowest BCUT2D eigenvalue weighted by atomic mass is 9.95. The summed E-state index contributed by atoms with van der Waals surface area (Å²) in [4.78, 5) is 29.9. The second-order valence-electron chi connectivity index (χ2n) is 7.78. The molecule has 0 unspecified atom stereocenters. The first kappa shape index (κ1) is 26.4. The van der Waals surface area contributed by atoms with Crippen molar-refractivity contribution in [3.63, 3.8) is 0 Å². The Morgan fingerprint density at radius 1 is 1.19 bits per heavy atom. The molecule has 2 heterocycles. The van der Waals surface area contributed by atoms with Crippen molar-refractivity contribution in [1.29, 1.82) is 0 Å². The normalized spacial score (nSPS) is 15.7. The smallest absolute Gasteiger partial charge is 0.434 e. The zero-order valence-corrected chi connectivity index (χ0v) is 21.0. The van der Waals surface area contributed by atoms with Crippen LogP contribution in [0.4, 0.5) is 13.2 Å². The summed E-state index contributed by atoms with van der Waals surface area (Å²) in [6.45, 7) is 5.23. The fourth-order valence-electron chi connectivity index (χ4n) is 3.77. The average molecular weight is 549 g/mol. The number of hydrogen-bond donors (Lipinski definition) is 0. The lowest BCUT2D eigenvalue weighted by Gasteiger charge is -2.26. The molecular weight excluding hydrogens is 529 g/mol. The van der Waals surface area contributed by atoms with E-state index >= 15 is 0 Å². The SMILES string of the molecule is C=CCOc1ccc(/C=c2\sc3n(c2=O)[C@H](c2ccc(Cl)cc2)C(C(=O)OCC)=C(C(F)(F)F)N=3)cc1. The van der Waals surface area contributed by atoms with E-state index in [1.165, 1.54) is 31.2 Å². The molecule has 2 aromatic carbocycles. The first-order chi connectivity index (χ1) is 17.6. The molecule has 37 heavy (non-hydrogen) atoms. The molecule has 0 spiro atoms. The Morgan fingerprint density at radius 3 is 2.46 bits per heavy atom. The highest BCUT2D eigenvalue weighted by Gasteiger charge is 2.45. The number of aromatic nitrogens is 1. The predicted molar refractivity (Wildman–Crippen MR) is 134 cm³/mol. The molecule has 1 aliphatic rings. The maximum Gasteiger partial charge on any atom is 0.434 e. The highest BCUT2D eigenvalue weighted by atomic mass is 35.5. The minimum Gasteiger partial charge on any atom is -0.490 e. The summed E-state index contributed by atoms with van der Waals surface area (Å²) in [5.74, 6) is -0.613. The van der Waals surface area contributed by atoms with Gasteiger partial charge in [-0.15, -0.1) is 0 Å². The van der Waals surface area contributed by atoms with E-state index in [1.54, 1.807) is 36.4 Å². The van der Waals surface area contributed by atoms with Crippen LogP contribution in [-0.2, 0) is 9.53 Å². The van der Waals surface area contributed by atoms with Gasteiger partial charge in [0, 0.05) is 5.02 Å². The van der Waals surface area contributed by atoms with Crippen molar-refractivity contribution in [2.45, 2.75) is 19.1 Å². The van der Waals surface area contributed by atoms with Crippen LogP contribution in [-0.4, -0.2) is 29.9 Å². The van der Waals surface area contributed by atoms with Crippen LogP contribution in [0.2, 0.25) is 5.02 Å². The molecule has 0 radical (unpaired) electrons. The molecule has 11 heteroatoms. The summed E-state index contributed by atoms with van der Waals surface area (Å²) in [5, 5.41) is 0.342. The van der Waals surface area contributed by atoms with Crippen LogP contribution in [0.1, 0.15) is 24.1 Å². The molecule has 4 rings (SSSR count). The number of benzene rings is 2. The molecule has 6 nitrogen and oxygen atoms in total. The summed E-state index contributed by atoms with van der Waals surface area (Å²) in [6, 6.07) is 11.3. The van der Waals surface area contributed by atoms with Crippen molar-refractivity contribution in [2.75, 3.05) is 13.2 Å². The minimum absolute atomic E-state index is 0.143. The third-order valence-corrected chi connectivity index (χ3v) is 6.56. The van der Waals surface area contributed by atoms with Gasteiger partial charge in [-0.2, -0.15) is 13.2 Å². The van der Waals surface area contributed by atoms with Crippen LogP contribution in [0.3, 0.4) is 0 Å². The Bertz CT molecular complexity index is 1540. The molecule has 0 aliphatic carbocycles. The summed E-state index contributed by atoms with van der Waals surface area (Å²) in [7, 11) is 0. The number of thiazole rings is 1. The van der Waals surface area contributed by atoms with Crippen LogP contribution >= 0.6 is 22.9 Å². The lowest BCUT2D eigenvalue weighted by Crippen LogP contribution is -2.41. The molecule has 1 aromatic heterocycles. The average Bonchev–Trinajstić information content (AvgIpc) is 3.17. The van der Waals surface area contributed by atoms with Crippen LogP contribution in [0.15, 0.2) is 82.2 Å². The Hall–Kier alpha value is -3.63. The second-order valence-corrected chi connectivity index (χ2v) is 9.23. The Morgan fingerprint density at radius 2 is 1.86 bits per heavy atom. The van der Waals surface area contributed by atoms with Crippen molar-refractivity contribution < 1.29 is 27.4 Å². The molecule has 0 bridgehead atoms. The Balaban J connectivity index is 1.94.